The summed E-state index contributed by atoms with van der Waals surface area (Å²) in [5.41, 5.74) is -2.58. The summed E-state index contributed by atoms with van der Waals surface area (Å²) < 4.78 is 72.1. The number of carbonyl (C=O) groups is 4. The van der Waals surface area contributed by atoms with Gasteiger partial charge in [0.25, 0.3) is 0 Å². The average Bonchev–Trinajstić information content (AvgIpc) is 3.56. The van der Waals surface area contributed by atoms with Crippen molar-refractivity contribution in [3.63, 3.8) is 0 Å². The van der Waals surface area contributed by atoms with Gasteiger partial charge in [-0.1, -0.05) is 69.2 Å². The van der Waals surface area contributed by atoms with Crippen molar-refractivity contribution in [3.05, 3.63) is 0 Å². The summed E-state index contributed by atoms with van der Waals surface area (Å²) in [7, 11) is -3.83. The largest absolute Gasteiger partial charge is 0.461 e. The number of ketones is 1. The molecule has 4 bridgehead atoms. The van der Waals surface area contributed by atoms with Gasteiger partial charge in [-0.05, 0) is 102 Å². The van der Waals surface area contributed by atoms with Crippen LogP contribution in [0.3, 0.4) is 0 Å². The highest BCUT2D eigenvalue weighted by Gasteiger charge is 2.66. The number of rotatable bonds is 11. The first kappa shape index (κ1) is 47.0. The van der Waals surface area contributed by atoms with Crippen molar-refractivity contribution in [2.24, 2.45) is 49.7 Å². The molecule has 0 saturated heterocycles. The highest BCUT2D eigenvalue weighted by atomic mass is 32.2. The van der Waals surface area contributed by atoms with Crippen LogP contribution in [0.25, 0.3) is 0 Å². The third kappa shape index (κ3) is 9.80. The van der Waals surface area contributed by atoms with Crippen LogP contribution in [0.5, 0.6) is 0 Å². The number of hydrogen-bond donors (Lipinski definition) is 1. The van der Waals surface area contributed by atoms with Crippen LogP contribution in [0.15, 0.2) is 0 Å². The molecule has 5 atom stereocenters. The van der Waals surface area contributed by atoms with Crippen molar-refractivity contribution < 1.29 is 50.2 Å². The summed E-state index contributed by atoms with van der Waals surface area (Å²) in [4.78, 5) is 47.8. The summed E-state index contributed by atoms with van der Waals surface area (Å²) in [5, 5.41) is 0. The molecule has 13 heteroatoms. The number of nitrogens with one attached hydrogen (secondary N) is 1. The van der Waals surface area contributed by atoms with Gasteiger partial charge in [0, 0.05) is 17.3 Å². The van der Waals surface area contributed by atoms with Crippen molar-refractivity contribution >= 4 is 33.7 Å². The van der Waals surface area contributed by atoms with Crippen LogP contribution in [-0.2, 0) is 38.7 Å². The van der Waals surface area contributed by atoms with E-state index in [9.17, 15) is 40.8 Å². The molecule has 0 aromatic heterocycles. The molecular formula is C40H68F3NO8S. The lowest BCUT2D eigenvalue weighted by molar-refractivity contribution is -0.192. The molecule has 0 aromatic rings. The number of esters is 2. The van der Waals surface area contributed by atoms with Crippen LogP contribution in [0.2, 0.25) is 0 Å². The molecule has 1 amide bonds. The number of fused-ring (bicyclic) bond motifs is 4. The van der Waals surface area contributed by atoms with Crippen molar-refractivity contribution in [2.45, 2.75) is 167 Å². The van der Waals surface area contributed by atoms with Crippen molar-refractivity contribution in [1.82, 2.24) is 4.72 Å². The van der Waals surface area contributed by atoms with E-state index in [0.717, 1.165) is 25.2 Å². The second-order valence-electron chi connectivity index (χ2n) is 19.3. The van der Waals surface area contributed by atoms with E-state index in [1.54, 1.807) is 34.6 Å². The summed E-state index contributed by atoms with van der Waals surface area (Å²) in [6.07, 6.45) is 3.05. The first-order chi connectivity index (χ1) is 23.7. The maximum absolute atomic E-state index is 12.5. The Bertz CT molecular complexity index is 1480. The van der Waals surface area contributed by atoms with Crippen LogP contribution < -0.4 is 4.72 Å². The first-order valence-electron chi connectivity index (χ1n) is 19.2. The van der Waals surface area contributed by atoms with E-state index >= 15 is 0 Å². The number of halogens is 3. The van der Waals surface area contributed by atoms with Crippen molar-refractivity contribution in [2.75, 3.05) is 12.4 Å². The predicted molar refractivity (Wildman–Crippen MR) is 199 cm³/mol. The number of hydrogen-bond acceptors (Lipinski definition) is 8. The molecule has 0 radical (unpaired) electrons. The molecular weight excluding hydrogens is 712 g/mol. The first-order valence-corrected chi connectivity index (χ1v) is 20.9. The predicted octanol–water partition coefficient (Wildman–Crippen LogP) is 8.97. The molecule has 9 nitrogen and oxygen atoms in total. The van der Waals surface area contributed by atoms with Gasteiger partial charge in [-0.25, -0.2) is 8.42 Å². The Kier molecular flexibility index (Phi) is 14.0. The highest BCUT2D eigenvalue weighted by molar-refractivity contribution is 7.90. The maximum Gasteiger partial charge on any atom is 0.422 e. The number of alkyl halides is 3. The van der Waals surface area contributed by atoms with E-state index in [0.29, 0.717) is 31.1 Å². The number of sulfonamides is 1. The monoisotopic (exact) mass is 779 g/mol. The minimum absolute atomic E-state index is 0.0143. The lowest BCUT2D eigenvalue weighted by Crippen LogP contribution is -2.48. The van der Waals surface area contributed by atoms with Crippen molar-refractivity contribution in [1.29, 1.82) is 0 Å². The van der Waals surface area contributed by atoms with Gasteiger partial charge in [-0.2, -0.15) is 13.2 Å². The molecule has 0 spiro atoms. The van der Waals surface area contributed by atoms with Crippen LogP contribution >= 0.6 is 0 Å². The minimum Gasteiger partial charge on any atom is -0.461 e. The SMILES string of the molecule is CCC(C)(C)C(=O)NS(=O)(=O)CC12CCC(CC1=O)C2(C)C.CCC(C)(C)C(=O)OC1CC2CCC1(C)C2(C)C.CCC(C)(C)C(=O)OCC(F)(F)F. The van der Waals surface area contributed by atoms with Gasteiger partial charge >= 0.3 is 18.1 Å². The molecule has 4 aliphatic rings. The topological polar surface area (TPSA) is 133 Å². The average molecular weight is 780 g/mol. The van der Waals surface area contributed by atoms with E-state index in [4.69, 9.17) is 4.74 Å². The van der Waals surface area contributed by atoms with Gasteiger partial charge in [-0.15, -0.1) is 0 Å². The Morgan fingerprint density at radius 3 is 1.64 bits per heavy atom. The molecule has 4 saturated carbocycles. The Hall–Kier alpha value is -2.18. The van der Waals surface area contributed by atoms with E-state index in [1.165, 1.54) is 12.8 Å². The van der Waals surface area contributed by atoms with Crippen molar-refractivity contribution in [3.8, 4) is 0 Å². The summed E-state index contributed by atoms with van der Waals surface area (Å²) in [6.45, 7) is 25.6. The van der Waals surface area contributed by atoms with Gasteiger partial charge in [0.05, 0.1) is 22.0 Å². The number of carbonyl (C=O) groups excluding carboxylic acids is 4. The molecule has 0 aromatic carbocycles. The number of amides is 1. The standard InChI is InChI=1S/C16H27NO4S.C16H28O2.C8H13F3O2/c1-6-14(2,3)13(19)17-22(20,21)10-16-8-7-11(9-12(16)18)15(16,4)5;1-7-14(2,3)13(17)18-12-10-11-8-9-16(12,6)15(11,4)5;1-4-7(2,3)6(12)13-5-8(9,10)11/h11H,6-10H2,1-5H3,(H,17,19);11-12H,7-10H2,1-6H3;4-5H2,1-3H3. The highest BCUT2D eigenvalue weighted by Crippen LogP contribution is 2.66. The second-order valence-corrected chi connectivity index (χ2v) is 21.0. The fourth-order valence-corrected chi connectivity index (χ4v) is 10.1. The Balaban J connectivity index is 0.000000285. The lowest BCUT2D eigenvalue weighted by atomic mass is 9.70. The zero-order valence-electron chi connectivity index (χ0n) is 34.8. The van der Waals surface area contributed by atoms with Crippen LogP contribution in [0.1, 0.15) is 155 Å². The fourth-order valence-electron chi connectivity index (χ4n) is 8.14. The van der Waals surface area contributed by atoms with Gasteiger partial charge in [0.15, 0.2) is 6.61 Å². The maximum atomic E-state index is 12.5. The number of ether oxygens (including phenoxy) is 2. The zero-order chi connectivity index (χ0) is 41.4. The van der Waals surface area contributed by atoms with Gasteiger partial charge in [0.1, 0.15) is 11.9 Å². The molecule has 1 N–H and O–H groups in total. The van der Waals surface area contributed by atoms with Crippen LogP contribution in [-0.4, -0.2) is 56.7 Å². The zero-order valence-corrected chi connectivity index (χ0v) is 35.6. The minimum atomic E-state index is -4.44. The smallest absolute Gasteiger partial charge is 0.422 e. The Morgan fingerprint density at radius 1 is 0.774 bits per heavy atom. The molecule has 4 rings (SSSR count). The van der Waals surface area contributed by atoms with Crippen LogP contribution in [0.4, 0.5) is 13.2 Å². The molecule has 0 aliphatic heterocycles. The van der Waals surface area contributed by atoms with Gasteiger partial charge in [0.2, 0.25) is 15.9 Å². The van der Waals surface area contributed by atoms with Gasteiger partial charge in [-0.3, -0.25) is 23.9 Å². The second kappa shape index (κ2) is 15.8. The lowest BCUT2D eigenvalue weighted by Gasteiger charge is -2.39. The Labute approximate surface area is 317 Å². The van der Waals surface area contributed by atoms with E-state index in [-0.39, 0.29) is 45.8 Å². The van der Waals surface area contributed by atoms with Gasteiger partial charge < -0.3 is 9.47 Å². The molecule has 4 aliphatic carbocycles. The number of Topliss-reactive ketones (excluding diaryl/α,β-unsaturated/α-hetero) is 1. The van der Waals surface area contributed by atoms with Crippen LogP contribution in [0, 0.1) is 49.7 Å². The third-order valence-electron chi connectivity index (χ3n) is 14.5. The quantitative estimate of drug-likeness (QED) is 0.206. The Morgan fingerprint density at radius 2 is 1.26 bits per heavy atom. The van der Waals surface area contributed by atoms with E-state index in [2.05, 4.69) is 30.2 Å². The normalized spacial score (nSPS) is 28.7. The summed E-state index contributed by atoms with van der Waals surface area (Å²) in [6, 6.07) is 0. The summed E-state index contributed by atoms with van der Waals surface area (Å²) >= 11 is 0. The molecule has 5 unspecified atom stereocenters. The van der Waals surface area contributed by atoms with E-state index in [1.807, 2.05) is 41.5 Å². The molecule has 308 valence electrons. The molecule has 53 heavy (non-hydrogen) atoms. The van der Waals surface area contributed by atoms with E-state index < -0.39 is 50.9 Å². The third-order valence-corrected chi connectivity index (χ3v) is 15.9. The molecule has 0 heterocycles. The fraction of sp³-hybridized carbons (Fsp3) is 0.900. The molecule has 4 fully saturated rings. The summed E-state index contributed by atoms with van der Waals surface area (Å²) in [5.74, 6) is -0.561.